The van der Waals surface area contributed by atoms with Crippen molar-refractivity contribution in [3.05, 3.63) is 76.8 Å². The lowest BCUT2D eigenvalue weighted by Gasteiger charge is -2.45. The fourth-order valence-corrected chi connectivity index (χ4v) is 5.53. The summed E-state index contributed by atoms with van der Waals surface area (Å²) in [6.45, 7) is 1.82. The topological polar surface area (TPSA) is 81.7 Å². The maximum atomic E-state index is 14.1. The molecule has 0 aliphatic carbocycles. The number of aryl methyl sites for hydroxylation is 2. The van der Waals surface area contributed by atoms with Crippen LogP contribution in [0.3, 0.4) is 0 Å². The SMILES string of the molecule is Cc1ccc(-n2nccn2)c(C(=O)N2[C@@H]3CCC[C@H]2c2nn(C)c(-c4cc(F)c(F)c(F)c4)c2C3)n1. The Kier molecular flexibility index (Phi) is 5.16. The van der Waals surface area contributed by atoms with Crippen LogP contribution in [0.5, 0.6) is 0 Å². The Morgan fingerprint density at radius 3 is 2.50 bits per heavy atom. The highest BCUT2D eigenvalue weighted by Gasteiger charge is 2.44. The van der Waals surface area contributed by atoms with E-state index in [0.29, 0.717) is 35.6 Å². The van der Waals surface area contributed by atoms with Gasteiger partial charge in [0.1, 0.15) is 5.69 Å². The Labute approximate surface area is 204 Å². The number of nitrogens with zero attached hydrogens (tertiary/aromatic N) is 7. The van der Waals surface area contributed by atoms with Gasteiger partial charge in [0.25, 0.3) is 5.91 Å². The lowest BCUT2D eigenvalue weighted by atomic mass is 9.81. The van der Waals surface area contributed by atoms with Crippen molar-refractivity contribution in [2.24, 2.45) is 7.05 Å². The van der Waals surface area contributed by atoms with Crippen molar-refractivity contribution in [1.82, 2.24) is 34.7 Å². The van der Waals surface area contributed by atoms with Crippen LogP contribution in [0, 0.1) is 24.4 Å². The first-order valence-electron chi connectivity index (χ1n) is 11.7. The molecule has 1 aromatic carbocycles. The highest BCUT2D eigenvalue weighted by molar-refractivity contribution is 5.96. The van der Waals surface area contributed by atoms with Gasteiger partial charge < -0.3 is 4.90 Å². The van der Waals surface area contributed by atoms with E-state index >= 15 is 0 Å². The molecule has 184 valence electrons. The van der Waals surface area contributed by atoms with Crippen LogP contribution >= 0.6 is 0 Å². The van der Waals surface area contributed by atoms with Gasteiger partial charge in [0, 0.05) is 29.9 Å². The first kappa shape index (κ1) is 22.4. The van der Waals surface area contributed by atoms with Crippen molar-refractivity contribution >= 4 is 5.91 Å². The Morgan fingerprint density at radius 2 is 1.78 bits per heavy atom. The number of hydrogen-bond acceptors (Lipinski definition) is 5. The van der Waals surface area contributed by atoms with E-state index in [1.807, 2.05) is 11.8 Å². The summed E-state index contributed by atoms with van der Waals surface area (Å²) in [5.41, 5.74) is 3.69. The number of piperidine rings is 1. The molecule has 1 fully saturated rings. The molecule has 5 heterocycles. The van der Waals surface area contributed by atoms with Gasteiger partial charge >= 0.3 is 0 Å². The number of benzene rings is 1. The van der Waals surface area contributed by atoms with Crippen molar-refractivity contribution in [2.75, 3.05) is 0 Å². The highest BCUT2D eigenvalue weighted by Crippen LogP contribution is 2.45. The second-order valence-electron chi connectivity index (χ2n) is 9.25. The van der Waals surface area contributed by atoms with Crippen molar-refractivity contribution < 1.29 is 18.0 Å². The standard InChI is InChI=1S/C25H22F3N7O/c1-13-6-7-20(35-29-8-9-30-35)23(31-13)25(36)34-15-4-3-5-19(34)22-16(12-15)24(33(2)32-22)14-10-17(26)21(28)18(27)11-14/h6-11,15,19H,3-5,12H2,1-2H3/t15-,19+/m1/s1. The van der Waals surface area contributed by atoms with Crippen molar-refractivity contribution in [3.63, 3.8) is 0 Å². The molecular formula is C25H22F3N7O. The molecular weight excluding hydrogens is 471 g/mol. The molecule has 1 saturated heterocycles. The lowest BCUT2D eigenvalue weighted by Crippen LogP contribution is -2.50. The summed E-state index contributed by atoms with van der Waals surface area (Å²) >= 11 is 0. The largest absolute Gasteiger partial charge is 0.325 e. The predicted octanol–water partition coefficient (Wildman–Crippen LogP) is 4.08. The first-order valence-corrected chi connectivity index (χ1v) is 11.7. The maximum Gasteiger partial charge on any atom is 0.275 e. The molecule has 8 nitrogen and oxygen atoms in total. The van der Waals surface area contributed by atoms with Crippen LogP contribution in [-0.4, -0.2) is 46.6 Å². The van der Waals surface area contributed by atoms with Gasteiger partial charge in [-0.05, 0) is 56.9 Å². The summed E-state index contributed by atoms with van der Waals surface area (Å²) in [5, 5.41) is 13.0. The Hall–Kier alpha value is -4.02. The van der Waals surface area contributed by atoms with Crippen LogP contribution in [0.2, 0.25) is 0 Å². The van der Waals surface area contributed by atoms with Gasteiger partial charge in [-0.1, -0.05) is 0 Å². The van der Waals surface area contributed by atoms with Crippen LogP contribution in [0.15, 0.2) is 36.7 Å². The van der Waals surface area contributed by atoms with E-state index in [4.69, 9.17) is 0 Å². The number of fused-ring (bicyclic) bond motifs is 4. The van der Waals surface area contributed by atoms with Crippen molar-refractivity contribution in [1.29, 1.82) is 0 Å². The molecule has 0 N–H and O–H groups in total. The Morgan fingerprint density at radius 1 is 1.06 bits per heavy atom. The maximum absolute atomic E-state index is 14.1. The molecule has 2 atom stereocenters. The molecule has 36 heavy (non-hydrogen) atoms. The van der Waals surface area contributed by atoms with Gasteiger partial charge in [-0.15, -0.1) is 4.80 Å². The van der Waals surface area contributed by atoms with Crippen molar-refractivity contribution in [2.45, 2.75) is 44.7 Å². The van der Waals surface area contributed by atoms with Crippen LogP contribution in [-0.2, 0) is 13.5 Å². The van der Waals surface area contributed by atoms with E-state index in [0.717, 1.165) is 30.5 Å². The molecule has 2 bridgehead atoms. The molecule has 1 amide bonds. The van der Waals surface area contributed by atoms with E-state index in [2.05, 4.69) is 20.3 Å². The summed E-state index contributed by atoms with van der Waals surface area (Å²) < 4.78 is 43.3. The van der Waals surface area contributed by atoms with Crippen LogP contribution in [0.25, 0.3) is 16.9 Å². The minimum Gasteiger partial charge on any atom is -0.325 e. The van der Waals surface area contributed by atoms with E-state index in [-0.39, 0.29) is 29.2 Å². The summed E-state index contributed by atoms with van der Waals surface area (Å²) in [6, 6.07) is 5.08. The van der Waals surface area contributed by atoms with E-state index in [1.54, 1.807) is 23.9 Å². The first-order chi connectivity index (χ1) is 17.3. The number of hydrogen-bond donors (Lipinski definition) is 0. The molecule has 2 aliphatic rings. The monoisotopic (exact) mass is 493 g/mol. The second kappa shape index (κ2) is 8.28. The van der Waals surface area contributed by atoms with Gasteiger partial charge in [-0.3, -0.25) is 9.48 Å². The number of halogens is 3. The molecule has 0 unspecified atom stereocenters. The van der Waals surface area contributed by atoms with Gasteiger partial charge in [-0.2, -0.15) is 15.3 Å². The van der Waals surface area contributed by atoms with Crippen molar-refractivity contribution in [3.8, 4) is 16.9 Å². The smallest absolute Gasteiger partial charge is 0.275 e. The highest BCUT2D eigenvalue weighted by atomic mass is 19.2. The van der Waals surface area contributed by atoms with Gasteiger partial charge in [0.05, 0.1) is 29.8 Å². The molecule has 0 spiro atoms. The Balaban J connectivity index is 1.45. The third-order valence-electron chi connectivity index (χ3n) is 7.02. The summed E-state index contributed by atoms with van der Waals surface area (Å²) in [7, 11) is 1.69. The minimum absolute atomic E-state index is 0.150. The average Bonchev–Trinajstić information content (AvgIpc) is 3.49. The van der Waals surface area contributed by atoms with Gasteiger partial charge in [0.2, 0.25) is 0 Å². The van der Waals surface area contributed by atoms with E-state index in [1.165, 1.54) is 17.2 Å². The summed E-state index contributed by atoms with van der Waals surface area (Å²) in [5.74, 6) is -4.25. The molecule has 2 aliphatic heterocycles. The molecule has 3 aromatic heterocycles. The van der Waals surface area contributed by atoms with Gasteiger partial charge in [-0.25, -0.2) is 18.2 Å². The molecule has 0 radical (unpaired) electrons. The number of carbonyl (C=O) groups excluding carboxylic acids is 1. The molecule has 11 heteroatoms. The zero-order valence-electron chi connectivity index (χ0n) is 19.6. The minimum atomic E-state index is -1.50. The van der Waals surface area contributed by atoms with E-state index < -0.39 is 17.5 Å². The zero-order valence-corrected chi connectivity index (χ0v) is 19.6. The molecule has 0 saturated carbocycles. The third kappa shape index (κ3) is 3.41. The van der Waals surface area contributed by atoms with E-state index in [9.17, 15) is 18.0 Å². The number of pyridine rings is 1. The Bertz CT molecular complexity index is 1470. The number of amides is 1. The van der Waals surface area contributed by atoms with Crippen LogP contribution < -0.4 is 0 Å². The third-order valence-corrected chi connectivity index (χ3v) is 7.02. The van der Waals surface area contributed by atoms with Gasteiger partial charge in [0.15, 0.2) is 23.1 Å². The summed E-state index contributed by atoms with van der Waals surface area (Å²) in [4.78, 5) is 21.8. The summed E-state index contributed by atoms with van der Waals surface area (Å²) in [6.07, 6.45) is 5.91. The zero-order chi connectivity index (χ0) is 25.1. The number of rotatable bonds is 3. The molecule has 6 rings (SSSR count). The molecule has 4 aromatic rings. The normalized spacial score (nSPS) is 18.9. The van der Waals surface area contributed by atoms with Crippen LogP contribution in [0.1, 0.15) is 52.7 Å². The van der Waals surface area contributed by atoms with Crippen LogP contribution in [0.4, 0.5) is 13.2 Å². The number of aromatic nitrogens is 6. The average molecular weight is 493 g/mol. The quantitative estimate of drug-likeness (QED) is 0.402. The number of carbonyl (C=O) groups is 1. The second-order valence-corrected chi connectivity index (χ2v) is 9.25. The predicted molar refractivity (Wildman–Crippen MR) is 123 cm³/mol. The fourth-order valence-electron chi connectivity index (χ4n) is 5.53. The fraction of sp³-hybridized carbons (Fsp3) is 0.320. The lowest BCUT2D eigenvalue weighted by molar-refractivity contribution is 0.0385.